The Kier molecular flexibility index (Phi) is 8.12. The van der Waals surface area contributed by atoms with Crippen LogP contribution in [0.4, 0.5) is 0 Å². The van der Waals surface area contributed by atoms with Crippen LogP contribution in [0.3, 0.4) is 0 Å². The van der Waals surface area contributed by atoms with Crippen molar-refractivity contribution in [3.63, 3.8) is 0 Å². The number of fused-ring (bicyclic) bond motifs is 1. The van der Waals surface area contributed by atoms with Gasteiger partial charge in [-0.05, 0) is 69.1 Å². The second-order valence-corrected chi connectivity index (χ2v) is 10.1. The van der Waals surface area contributed by atoms with Gasteiger partial charge in [-0.25, -0.2) is 4.98 Å². The summed E-state index contributed by atoms with van der Waals surface area (Å²) >= 11 is 0. The molecule has 2 saturated heterocycles. The number of likely N-dealkylation sites (tertiary alicyclic amines) is 1. The summed E-state index contributed by atoms with van der Waals surface area (Å²) in [5.74, 6) is 0.841. The van der Waals surface area contributed by atoms with Crippen LogP contribution in [0.2, 0.25) is 0 Å². The lowest BCUT2D eigenvalue weighted by molar-refractivity contribution is 0.0619. The molecule has 2 aliphatic heterocycles. The van der Waals surface area contributed by atoms with Crippen molar-refractivity contribution in [2.75, 3.05) is 52.4 Å². The van der Waals surface area contributed by atoms with E-state index in [0.717, 1.165) is 29.6 Å². The van der Waals surface area contributed by atoms with Gasteiger partial charge in [0.25, 0.3) is 5.91 Å². The summed E-state index contributed by atoms with van der Waals surface area (Å²) in [4.78, 5) is 36.8. The minimum atomic E-state index is -0.0535. The van der Waals surface area contributed by atoms with E-state index in [1.165, 1.54) is 19.4 Å². The summed E-state index contributed by atoms with van der Waals surface area (Å²) in [7, 11) is 0. The van der Waals surface area contributed by atoms with Crippen LogP contribution < -0.4 is 4.74 Å². The number of hydrogen-bond donors (Lipinski definition) is 0. The standard InChI is InChI=1S/C30H36N4O3/c1-23-6-4-15-33(23)16-5-21-37-26-12-9-25(10-13-26)29(35)22-32-17-19-34(20-18-32)30(36)28-14-11-24-7-2-3-8-27(24)31-28/h2-3,7-14,23H,4-6,15-22H2,1H3. The van der Waals surface area contributed by atoms with Crippen LogP contribution >= 0.6 is 0 Å². The number of benzene rings is 2. The molecule has 1 unspecified atom stereocenters. The molecule has 7 heteroatoms. The number of hydrogen-bond acceptors (Lipinski definition) is 6. The van der Waals surface area contributed by atoms with Gasteiger partial charge in [0, 0.05) is 49.7 Å². The van der Waals surface area contributed by atoms with Gasteiger partial charge in [0.1, 0.15) is 11.4 Å². The van der Waals surface area contributed by atoms with Crippen molar-refractivity contribution < 1.29 is 14.3 Å². The van der Waals surface area contributed by atoms with Crippen LogP contribution in [0.1, 0.15) is 47.0 Å². The fraction of sp³-hybridized carbons (Fsp3) is 0.433. The number of piperazine rings is 1. The zero-order chi connectivity index (χ0) is 25.6. The highest BCUT2D eigenvalue weighted by Gasteiger charge is 2.24. The number of ketones is 1. The molecular formula is C30H36N4O3. The lowest BCUT2D eigenvalue weighted by Crippen LogP contribution is -2.50. The molecule has 7 nitrogen and oxygen atoms in total. The number of amides is 1. The summed E-state index contributed by atoms with van der Waals surface area (Å²) in [6.45, 7) is 8.13. The van der Waals surface area contributed by atoms with Crippen LogP contribution in [0.5, 0.6) is 5.75 Å². The number of carbonyl (C=O) groups is 2. The van der Waals surface area contributed by atoms with Crippen LogP contribution in [0.15, 0.2) is 60.7 Å². The molecule has 1 aromatic heterocycles. The summed E-state index contributed by atoms with van der Waals surface area (Å²) in [6.07, 6.45) is 3.61. The molecule has 2 aliphatic rings. The fourth-order valence-electron chi connectivity index (χ4n) is 5.27. The van der Waals surface area contributed by atoms with Crippen LogP contribution in [-0.4, -0.2) is 89.8 Å². The maximum Gasteiger partial charge on any atom is 0.272 e. The van der Waals surface area contributed by atoms with Crippen molar-refractivity contribution in [3.05, 3.63) is 71.9 Å². The van der Waals surface area contributed by atoms with E-state index < -0.39 is 0 Å². The van der Waals surface area contributed by atoms with E-state index in [2.05, 4.69) is 21.7 Å². The predicted molar refractivity (Wildman–Crippen MR) is 145 cm³/mol. The topological polar surface area (TPSA) is 66.0 Å². The Labute approximate surface area is 219 Å². The van der Waals surface area contributed by atoms with E-state index in [0.29, 0.717) is 56.6 Å². The molecule has 0 N–H and O–H groups in total. The molecule has 0 radical (unpaired) electrons. The first-order valence-electron chi connectivity index (χ1n) is 13.4. The van der Waals surface area contributed by atoms with Gasteiger partial charge in [0.15, 0.2) is 5.78 Å². The molecule has 2 aromatic carbocycles. The first kappa shape index (κ1) is 25.4. The molecule has 0 aliphatic carbocycles. The Morgan fingerprint density at radius 2 is 1.73 bits per heavy atom. The van der Waals surface area contributed by atoms with Gasteiger partial charge < -0.3 is 14.5 Å². The number of pyridine rings is 1. The smallest absolute Gasteiger partial charge is 0.272 e. The minimum absolute atomic E-state index is 0.0535. The van der Waals surface area contributed by atoms with Gasteiger partial charge in [0.2, 0.25) is 0 Å². The van der Waals surface area contributed by atoms with E-state index in [-0.39, 0.29) is 11.7 Å². The van der Waals surface area contributed by atoms with Gasteiger partial charge >= 0.3 is 0 Å². The predicted octanol–water partition coefficient (Wildman–Crippen LogP) is 4.13. The third kappa shape index (κ3) is 6.35. The zero-order valence-electron chi connectivity index (χ0n) is 21.6. The Morgan fingerprint density at radius 3 is 2.49 bits per heavy atom. The van der Waals surface area contributed by atoms with Gasteiger partial charge in [-0.15, -0.1) is 0 Å². The average Bonchev–Trinajstić information content (AvgIpc) is 3.35. The lowest BCUT2D eigenvalue weighted by atomic mass is 10.1. The lowest BCUT2D eigenvalue weighted by Gasteiger charge is -2.34. The SMILES string of the molecule is CC1CCCN1CCCOc1ccc(C(=O)CN2CCN(C(=O)c3ccc4ccccc4n3)CC2)cc1. The van der Waals surface area contributed by atoms with E-state index in [1.54, 1.807) is 6.07 Å². The molecule has 0 bridgehead atoms. The molecule has 1 atom stereocenters. The molecule has 1 amide bonds. The van der Waals surface area contributed by atoms with Gasteiger partial charge in [-0.3, -0.25) is 14.5 Å². The van der Waals surface area contributed by atoms with E-state index in [4.69, 9.17) is 4.74 Å². The molecule has 5 rings (SSSR count). The molecule has 0 saturated carbocycles. The Hall–Kier alpha value is -3.29. The quantitative estimate of drug-likeness (QED) is 0.325. The first-order valence-corrected chi connectivity index (χ1v) is 13.4. The number of carbonyl (C=O) groups excluding carboxylic acids is 2. The first-order chi connectivity index (χ1) is 18.1. The fourth-order valence-corrected chi connectivity index (χ4v) is 5.27. The summed E-state index contributed by atoms with van der Waals surface area (Å²) in [5.41, 5.74) is 1.99. The Balaban J connectivity index is 1.05. The van der Waals surface area contributed by atoms with Gasteiger partial charge in [-0.2, -0.15) is 0 Å². The highest BCUT2D eigenvalue weighted by molar-refractivity contribution is 5.98. The molecule has 3 heterocycles. The highest BCUT2D eigenvalue weighted by Crippen LogP contribution is 2.18. The monoisotopic (exact) mass is 500 g/mol. The van der Waals surface area contributed by atoms with E-state index in [1.807, 2.05) is 59.5 Å². The number of para-hydroxylation sites is 1. The zero-order valence-corrected chi connectivity index (χ0v) is 21.6. The maximum absolute atomic E-state index is 13.0. The van der Waals surface area contributed by atoms with Crippen molar-refractivity contribution in [1.82, 2.24) is 19.7 Å². The van der Waals surface area contributed by atoms with Crippen molar-refractivity contribution in [1.29, 1.82) is 0 Å². The Morgan fingerprint density at radius 1 is 0.946 bits per heavy atom. The van der Waals surface area contributed by atoms with Gasteiger partial charge in [-0.1, -0.05) is 24.3 Å². The third-order valence-corrected chi connectivity index (χ3v) is 7.57. The minimum Gasteiger partial charge on any atom is -0.494 e. The molecule has 0 spiro atoms. The van der Waals surface area contributed by atoms with Crippen molar-refractivity contribution >= 4 is 22.6 Å². The number of aromatic nitrogens is 1. The van der Waals surface area contributed by atoms with Crippen LogP contribution in [-0.2, 0) is 0 Å². The highest BCUT2D eigenvalue weighted by atomic mass is 16.5. The second kappa shape index (κ2) is 11.8. The third-order valence-electron chi connectivity index (χ3n) is 7.57. The van der Waals surface area contributed by atoms with Gasteiger partial charge in [0.05, 0.1) is 18.7 Å². The van der Waals surface area contributed by atoms with Crippen LogP contribution in [0.25, 0.3) is 10.9 Å². The normalized spacial score (nSPS) is 18.8. The van der Waals surface area contributed by atoms with Crippen LogP contribution in [0, 0.1) is 0 Å². The van der Waals surface area contributed by atoms with E-state index in [9.17, 15) is 9.59 Å². The molecule has 3 aromatic rings. The van der Waals surface area contributed by atoms with Crippen molar-refractivity contribution in [2.45, 2.75) is 32.2 Å². The molecule has 194 valence electrons. The Bertz CT molecular complexity index is 1220. The maximum atomic E-state index is 13.0. The summed E-state index contributed by atoms with van der Waals surface area (Å²) in [6, 6.07) is 19.7. The molecule has 37 heavy (non-hydrogen) atoms. The number of Topliss-reactive ketones (excluding diaryl/α,β-unsaturated/α-hetero) is 1. The number of ether oxygens (including phenoxy) is 1. The van der Waals surface area contributed by atoms with Crippen molar-refractivity contribution in [2.24, 2.45) is 0 Å². The molecular weight excluding hydrogens is 464 g/mol. The summed E-state index contributed by atoms with van der Waals surface area (Å²) in [5, 5.41) is 1.02. The summed E-state index contributed by atoms with van der Waals surface area (Å²) < 4.78 is 5.89. The number of nitrogens with zero attached hydrogens (tertiary/aromatic N) is 4. The average molecular weight is 501 g/mol. The number of rotatable bonds is 9. The molecule has 2 fully saturated rings. The largest absolute Gasteiger partial charge is 0.494 e. The second-order valence-electron chi connectivity index (χ2n) is 10.1. The van der Waals surface area contributed by atoms with E-state index >= 15 is 0 Å². The van der Waals surface area contributed by atoms with Crippen molar-refractivity contribution in [3.8, 4) is 5.75 Å².